The summed E-state index contributed by atoms with van der Waals surface area (Å²) in [6, 6.07) is 10.4. The van der Waals surface area contributed by atoms with Crippen LogP contribution in [0.4, 0.5) is 17.6 Å². The van der Waals surface area contributed by atoms with Gasteiger partial charge in [0.2, 0.25) is 0 Å². The zero-order valence-corrected chi connectivity index (χ0v) is 15.1. The third kappa shape index (κ3) is 5.29. The van der Waals surface area contributed by atoms with Gasteiger partial charge in [0.25, 0.3) is 5.91 Å². The molecule has 1 aromatic heterocycles. The van der Waals surface area contributed by atoms with Crippen LogP contribution < -0.4 is 10.1 Å². The van der Waals surface area contributed by atoms with Crippen LogP contribution in [0.1, 0.15) is 26.6 Å². The van der Waals surface area contributed by atoms with E-state index >= 15 is 0 Å². The zero-order valence-electron chi connectivity index (χ0n) is 14.3. The number of rotatable bonds is 6. The molecule has 3 rings (SSSR count). The maximum absolute atomic E-state index is 13.1. The summed E-state index contributed by atoms with van der Waals surface area (Å²) in [5.41, 5.74) is -0.0396. The number of halogens is 4. The van der Waals surface area contributed by atoms with E-state index in [1.807, 2.05) is 0 Å². The Morgan fingerprint density at radius 1 is 1.14 bits per heavy atom. The first-order chi connectivity index (χ1) is 13.3. The molecule has 0 radical (unpaired) electrons. The van der Waals surface area contributed by atoms with Crippen molar-refractivity contribution < 1.29 is 27.1 Å². The van der Waals surface area contributed by atoms with E-state index in [1.54, 1.807) is 12.1 Å². The van der Waals surface area contributed by atoms with Crippen molar-refractivity contribution in [2.75, 3.05) is 0 Å². The van der Waals surface area contributed by atoms with Gasteiger partial charge in [0.15, 0.2) is 0 Å². The summed E-state index contributed by atoms with van der Waals surface area (Å²) in [4.78, 5) is 16.2. The quantitative estimate of drug-likeness (QED) is 0.594. The van der Waals surface area contributed by atoms with Gasteiger partial charge < -0.3 is 10.1 Å². The summed E-state index contributed by atoms with van der Waals surface area (Å²) in [5, 5.41) is 4.58. The summed E-state index contributed by atoms with van der Waals surface area (Å²) in [7, 11) is 0. The molecule has 28 heavy (non-hydrogen) atoms. The molecule has 9 heteroatoms. The molecule has 0 saturated carbocycles. The standard InChI is InChI=1S/C19H14F4N2O2S/c20-14-5-1-3-12(7-14)9-24-18(26)16-11-28-17(25-16)10-27-15-6-2-4-13(8-15)19(21,22)23/h1-8,11H,9-10H2,(H,24,26). The lowest BCUT2D eigenvalue weighted by molar-refractivity contribution is -0.137. The number of thiazole rings is 1. The second-order valence-corrected chi connectivity index (χ2v) is 6.70. The molecular weight excluding hydrogens is 396 g/mol. The Labute approximate surface area is 161 Å². The number of hydrogen-bond acceptors (Lipinski definition) is 4. The van der Waals surface area contributed by atoms with Gasteiger partial charge in [-0.3, -0.25) is 4.79 Å². The maximum Gasteiger partial charge on any atom is 0.416 e. The molecule has 1 N–H and O–H groups in total. The molecule has 2 aromatic carbocycles. The first kappa shape index (κ1) is 19.8. The SMILES string of the molecule is O=C(NCc1cccc(F)c1)c1csc(COc2cccc(C(F)(F)F)c2)n1. The molecule has 3 aromatic rings. The zero-order chi connectivity index (χ0) is 20.1. The number of carbonyl (C=O) groups is 1. The van der Waals surface area contributed by atoms with E-state index in [2.05, 4.69) is 10.3 Å². The molecule has 1 heterocycles. The van der Waals surface area contributed by atoms with E-state index in [4.69, 9.17) is 4.74 Å². The Bertz CT molecular complexity index is 972. The van der Waals surface area contributed by atoms with Crippen LogP contribution in [0.5, 0.6) is 5.75 Å². The molecule has 0 fully saturated rings. The van der Waals surface area contributed by atoms with Crippen LogP contribution in [-0.4, -0.2) is 10.9 Å². The fourth-order valence-electron chi connectivity index (χ4n) is 2.31. The fraction of sp³-hybridized carbons (Fsp3) is 0.158. The van der Waals surface area contributed by atoms with Crippen LogP contribution in [0.2, 0.25) is 0 Å². The number of alkyl halides is 3. The first-order valence-corrected chi connectivity index (χ1v) is 8.96. The highest BCUT2D eigenvalue weighted by atomic mass is 32.1. The summed E-state index contributed by atoms with van der Waals surface area (Å²) in [5.74, 6) is -0.776. The van der Waals surface area contributed by atoms with E-state index in [0.29, 0.717) is 10.6 Å². The minimum Gasteiger partial charge on any atom is -0.486 e. The highest BCUT2D eigenvalue weighted by molar-refractivity contribution is 7.09. The average molecular weight is 410 g/mol. The average Bonchev–Trinajstić information content (AvgIpc) is 3.13. The first-order valence-electron chi connectivity index (χ1n) is 8.08. The van der Waals surface area contributed by atoms with Gasteiger partial charge in [-0.15, -0.1) is 11.3 Å². The number of carbonyl (C=O) groups excluding carboxylic acids is 1. The highest BCUT2D eigenvalue weighted by Gasteiger charge is 2.30. The number of nitrogens with one attached hydrogen (secondary N) is 1. The van der Waals surface area contributed by atoms with E-state index in [9.17, 15) is 22.4 Å². The van der Waals surface area contributed by atoms with Crippen molar-refractivity contribution in [3.63, 3.8) is 0 Å². The van der Waals surface area contributed by atoms with Gasteiger partial charge in [-0.25, -0.2) is 9.37 Å². The van der Waals surface area contributed by atoms with Crippen molar-refractivity contribution in [3.05, 3.63) is 81.6 Å². The Kier molecular flexibility index (Phi) is 5.93. The summed E-state index contributed by atoms with van der Waals surface area (Å²) in [6.45, 7) is 0.0767. The largest absolute Gasteiger partial charge is 0.486 e. The summed E-state index contributed by atoms with van der Waals surface area (Å²) >= 11 is 1.15. The maximum atomic E-state index is 13.1. The lowest BCUT2D eigenvalue weighted by Crippen LogP contribution is -2.23. The van der Waals surface area contributed by atoms with Crippen LogP contribution in [0.25, 0.3) is 0 Å². The molecule has 0 spiro atoms. The second-order valence-electron chi connectivity index (χ2n) is 5.75. The molecular formula is C19H14F4N2O2S. The van der Waals surface area contributed by atoms with Crippen molar-refractivity contribution in [2.45, 2.75) is 19.3 Å². The van der Waals surface area contributed by atoms with E-state index < -0.39 is 23.5 Å². The van der Waals surface area contributed by atoms with Crippen molar-refractivity contribution >= 4 is 17.2 Å². The van der Waals surface area contributed by atoms with Gasteiger partial charge in [-0.2, -0.15) is 13.2 Å². The molecule has 0 atom stereocenters. The summed E-state index contributed by atoms with van der Waals surface area (Å²) < 4.78 is 56.6. The van der Waals surface area contributed by atoms with E-state index in [0.717, 1.165) is 23.5 Å². The molecule has 0 bridgehead atoms. The molecule has 4 nitrogen and oxygen atoms in total. The molecule has 0 aliphatic carbocycles. The smallest absolute Gasteiger partial charge is 0.416 e. The summed E-state index contributed by atoms with van der Waals surface area (Å²) in [6.07, 6.45) is -4.45. The van der Waals surface area contributed by atoms with Crippen molar-refractivity contribution in [3.8, 4) is 5.75 Å². The topological polar surface area (TPSA) is 51.2 Å². The van der Waals surface area contributed by atoms with Crippen molar-refractivity contribution in [2.24, 2.45) is 0 Å². The molecule has 0 aliphatic rings. The molecule has 0 saturated heterocycles. The predicted molar refractivity (Wildman–Crippen MR) is 95.5 cm³/mol. The minimum atomic E-state index is -4.45. The number of hydrogen-bond donors (Lipinski definition) is 1. The monoisotopic (exact) mass is 410 g/mol. The molecule has 0 unspecified atom stereocenters. The minimum absolute atomic E-state index is 0.0575. The van der Waals surface area contributed by atoms with Crippen LogP contribution >= 0.6 is 11.3 Å². The van der Waals surface area contributed by atoms with Crippen molar-refractivity contribution in [1.82, 2.24) is 10.3 Å². The van der Waals surface area contributed by atoms with Crippen LogP contribution in [0.3, 0.4) is 0 Å². The number of ether oxygens (including phenoxy) is 1. The van der Waals surface area contributed by atoms with Gasteiger partial charge >= 0.3 is 6.18 Å². The van der Waals surface area contributed by atoms with E-state index in [1.165, 1.54) is 29.6 Å². The van der Waals surface area contributed by atoms with Crippen molar-refractivity contribution in [1.29, 1.82) is 0 Å². The lowest BCUT2D eigenvalue weighted by atomic mass is 10.2. The number of benzene rings is 2. The number of amides is 1. The highest BCUT2D eigenvalue weighted by Crippen LogP contribution is 2.31. The Hall–Kier alpha value is -2.94. The van der Waals surface area contributed by atoms with Gasteiger partial charge in [-0.05, 0) is 35.9 Å². The van der Waals surface area contributed by atoms with Gasteiger partial charge in [0.1, 0.15) is 28.9 Å². The molecule has 146 valence electrons. The van der Waals surface area contributed by atoms with Crippen LogP contribution in [0.15, 0.2) is 53.9 Å². The third-order valence-electron chi connectivity index (χ3n) is 3.65. The Morgan fingerprint density at radius 3 is 2.68 bits per heavy atom. The number of aromatic nitrogens is 1. The Morgan fingerprint density at radius 2 is 1.93 bits per heavy atom. The number of nitrogens with zero attached hydrogens (tertiary/aromatic N) is 1. The predicted octanol–water partition coefficient (Wildman–Crippen LogP) is 4.81. The van der Waals surface area contributed by atoms with Crippen LogP contribution in [-0.2, 0) is 19.3 Å². The third-order valence-corrected chi connectivity index (χ3v) is 4.47. The Balaban J connectivity index is 1.56. The van der Waals surface area contributed by atoms with Gasteiger partial charge in [0.05, 0.1) is 5.56 Å². The van der Waals surface area contributed by atoms with Gasteiger partial charge in [0, 0.05) is 11.9 Å². The van der Waals surface area contributed by atoms with Gasteiger partial charge in [-0.1, -0.05) is 18.2 Å². The van der Waals surface area contributed by atoms with Crippen LogP contribution in [0, 0.1) is 5.82 Å². The van der Waals surface area contributed by atoms with E-state index in [-0.39, 0.29) is 24.6 Å². The molecule has 0 aliphatic heterocycles. The second kappa shape index (κ2) is 8.39. The molecule has 1 amide bonds. The fourth-order valence-corrected chi connectivity index (χ4v) is 2.99. The lowest BCUT2D eigenvalue weighted by Gasteiger charge is -2.09. The normalized spacial score (nSPS) is 11.3.